The van der Waals surface area contributed by atoms with Gasteiger partial charge >= 0.3 is 6.03 Å². The number of hydrogen-bond donors (Lipinski definition) is 1. The first-order chi connectivity index (χ1) is 10.3. The average Bonchev–Trinajstić information content (AvgIpc) is 3.19. The summed E-state index contributed by atoms with van der Waals surface area (Å²) >= 11 is 0. The van der Waals surface area contributed by atoms with Crippen LogP contribution in [0.15, 0.2) is 36.7 Å². The van der Waals surface area contributed by atoms with E-state index in [1.807, 2.05) is 24.3 Å². The Morgan fingerprint density at radius 1 is 1.29 bits per heavy atom. The summed E-state index contributed by atoms with van der Waals surface area (Å²) in [5.41, 5.74) is 0.751. The molecule has 1 aliphatic rings. The second-order valence-electron chi connectivity index (χ2n) is 4.90. The number of rotatable bonds is 3. The summed E-state index contributed by atoms with van der Waals surface area (Å²) in [4.78, 5) is 15.7. The smallest absolute Gasteiger partial charge is 0.321 e. The summed E-state index contributed by atoms with van der Waals surface area (Å²) in [5, 5.41) is 11.1. The van der Waals surface area contributed by atoms with Gasteiger partial charge in [-0.1, -0.05) is 0 Å². The second-order valence-corrected chi connectivity index (χ2v) is 4.90. The number of carbonyl (C=O) groups excluding carboxylic acids is 1. The molecule has 0 saturated carbocycles. The molecule has 0 radical (unpaired) electrons. The van der Waals surface area contributed by atoms with E-state index >= 15 is 0 Å². The van der Waals surface area contributed by atoms with Crippen LogP contribution < -0.4 is 10.1 Å². The lowest BCUT2D eigenvalue weighted by atomic mass is 10.3. The van der Waals surface area contributed by atoms with E-state index in [0.717, 1.165) is 17.9 Å². The van der Waals surface area contributed by atoms with Crippen molar-refractivity contribution in [3.63, 3.8) is 0 Å². The fraction of sp³-hybridized carbons (Fsp3) is 0.357. The van der Waals surface area contributed by atoms with E-state index in [1.165, 1.54) is 0 Å². The van der Waals surface area contributed by atoms with Gasteiger partial charge in [-0.2, -0.15) is 15.0 Å². The van der Waals surface area contributed by atoms with Crippen LogP contribution in [0.4, 0.5) is 10.5 Å². The molecule has 7 nitrogen and oxygen atoms in total. The van der Waals surface area contributed by atoms with Gasteiger partial charge in [0, 0.05) is 18.8 Å². The maximum absolute atomic E-state index is 12.2. The van der Waals surface area contributed by atoms with Crippen molar-refractivity contribution >= 4 is 11.7 Å². The van der Waals surface area contributed by atoms with Gasteiger partial charge in [-0.15, -0.1) is 0 Å². The topological polar surface area (TPSA) is 72.3 Å². The third kappa shape index (κ3) is 2.96. The first-order valence-electron chi connectivity index (χ1n) is 6.82. The molecule has 0 spiro atoms. The highest BCUT2D eigenvalue weighted by atomic mass is 16.5. The summed E-state index contributed by atoms with van der Waals surface area (Å²) in [6.45, 7) is 1.32. The first-order valence-corrected chi connectivity index (χ1v) is 6.82. The van der Waals surface area contributed by atoms with E-state index in [1.54, 1.807) is 29.2 Å². The van der Waals surface area contributed by atoms with Crippen molar-refractivity contribution in [2.45, 2.75) is 12.5 Å². The quantitative estimate of drug-likeness (QED) is 0.933. The minimum absolute atomic E-state index is 0.102. The predicted octanol–water partition coefficient (Wildman–Crippen LogP) is 1.77. The SMILES string of the molecule is COc1ccc(NC(=O)N2CCC(n3nccn3)C2)cc1. The van der Waals surface area contributed by atoms with E-state index < -0.39 is 0 Å². The van der Waals surface area contributed by atoms with Crippen LogP contribution in [-0.2, 0) is 0 Å². The lowest BCUT2D eigenvalue weighted by Crippen LogP contribution is -2.33. The van der Waals surface area contributed by atoms with Crippen LogP contribution in [0.1, 0.15) is 12.5 Å². The average molecular weight is 287 g/mol. The van der Waals surface area contributed by atoms with Gasteiger partial charge in [0.05, 0.1) is 25.5 Å². The van der Waals surface area contributed by atoms with Crippen molar-refractivity contribution in [2.75, 3.05) is 25.5 Å². The Morgan fingerprint density at radius 2 is 2.00 bits per heavy atom. The number of nitrogens with zero attached hydrogens (tertiary/aromatic N) is 4. The molecular weight excluding hydrogens is 270 g/mol. The van der Waals surface area contributed by atoms with Gasteiger partial charge in [-0.3, -0.25) is 0 Å². The highest BCUT2D eigenvalue weighted by Gasteiger charge is 2.28. The molecule has 1 aromatic carbocycles. The Labute approximate surface area is 122 Å². The van der Waals surface area contributed by atoms with Crippen LogP contribution in [0.25, 0.3) is 0 Å². The van der Waals surface area contributed by atoms with Gasteiger partial charge in [0.1, 0.15) is 5.75 Å². The molecule has 1 unspecified atom stereocenters. The maximum Gasteiger partial charge on any atom is 0.321 e. The number of hydrogen-bond acceptors (Lipinski definition) is 4. The molecule has 1 N–H and O–H groups in total. The van der Waals surface area contributed by atoms with Crippen molar-refractivity contribution in [1.82, 2.24) is 19.9 Å². The highest BCUT2D eigenvalue weighted by Crippen LogP contribution is 2.21. The fourth-order valence-electron chi connectivity index (χ4n) is 2.41. The molecule has 2 aromatic rings. The van der Waals surface area contributed by atoms with Crippen LogP contribution >= 0.6 is 0 Å². The lowest BCUT2D eigenvalue weighted by molar-refractivity contribution is 0.220. The molecule has 1 aliphatic heterocycles. The Kier molecular flexibility index (Phi) is 3.72. The summed E-state index contributed by atoms with van der Waals surface area (Å²) in [5.74, 6) is 0.763. The molecule has 0 aliphatic carbocycles. The van der Waals surface area contributed by atoms with Crippen molar-refractivity contribution in [3.8, 4) is 5.75 Å². The summed E-state index contributed by atoms with van der Waals surface area (Å²) in [6, 6.07) is 7.32. The number of carbonyl (C=O) groups is 1. The Morgan fingerprint density at radius 3 is 2.67 bits per heavy atom. The zero-order valence-electron chi connectivity index (χ0n) is 11.8. The van der Waals surface area contributed by atoms with Gasteiger partial charge < -0.3 is 15.0 Å². The standard InChI is InChI=1S/C14H17N5O2/c1-21-13-4-2-11(3-5-13)17-14(20)18-9-6-12(10-18)19-15-7-8-16-19/h2-5,7-8,12H,6,9-10H2,1H3,(H,17,20). The lowest BCUT2D eigenvalue weighted by Gasteiger charge is -2.17. The van der Waals surface area contributed by atoms with Crippen LogP contribution in [0.3, 0.4) is 0 Å². The monoisotopic (exact) mass is 287 g/mol. The molecule has 0 bridgehead atoms. The minimum atomic E-state index is -0.102. The van der Waals surface area contributed by atoms with E-state index in [0.29, 0.717) is 13.1 Å². The molecule has 1 saturated heterocycles. The fourth-order valence-corrected chi connectivity index (χ4v) is 2.41. The number of benzene rings is 1. The largest absolute Gasteiger partial charge is 0.497 e. The van der Waals surface area contributed by atoms with Gasteiger partial charge in [0.15, 0.2) is 0 Å². The third-order valence-electron chi connectivity index (χ3n) is 3.56. The minimum Gasteiger partial charge on any atom is -0.497 e. The molecule has 110 valence electrons. The number of nitrogens with one attached hydrogen (secondary N) is 1. The molecule has 2 heterocycles. The van der Waals surface area contributed by atoms with Crippen molar-refractivity contribution < 1.29 is 9.53 Å². The van der Waals surface area contributed by atoms with Crippen molar-refractivity contribution in [3.05, 3.63) is 36.7 Å². The normalized spacial score (nSPS) is 17.8. The van der Waals surface area contributed by atoms with Crippen LogP contribution in [-0.4, -0.2) is 46.1 Å². The summed E-state index contributed by atoms with van der Waals surface area (Å²) < 4.78 is 5.09. The number of ether oxygens (including phenoxy) is 1. The van der Waals surface area contributed by atoms with Gasteiger partial charge in [0.2, 0.25) is 0 Å². The number of amides is 2. The van der Waals surface area contributed by atoms with Crippen LogP contribution in [0.5, 0.6) is 5.75 Å². The third-order valence-corrected chi connectivity index (χ3v) is 3.56. The Balaban J connectivity index is 1.58. The van der Waals surface area contributed by atoms with Crippen LogP contribution in [0, 0.1) is 0 Å². The van der Waals surface area contributed by atoms with E-state index in [4.69, 9.17) is 4.74 Å². The van der Waals surface area contributed by atoms with Gasteiger partial charge in [-0.05, 0) is 30.7 Å². The molecule has 3 rings (SSSR count). The maximum atomic E-state index is 12.2. The van der Waals surface area contributed by atoms with Crippen molar-refractivity contribution in [1.29, 1.82) is 0 Å². The molecule has 21 heavy (non-hydrogen) atoms. The molecule has 1 fully saturated rings. The zero-order chi connectivity index (χ0) is 14.7. The number of urea groups is 1. The molecule has 1 atom stereocenters. The number of anilines is 1. The number of likely N-dealkylation sites (tertiary alicyclic amines) is 1. The highest BCUT2D eigenvalue weighted by molar-refractivity contribution is 5.89. The predicted molar refractivity (Wildman–Crippen MR) is 77.3 cm³/mol. The Hall–Kier alpha value is -2.57. The molecule has 2 amide bonds. The van der Waals surface area contributed by atoms with Crippen molar-refractivity contribution in [2.24, 2.45) is 0 Å². The van der Waals surface area contributed by atoms with E-state index in [9.17, 15) is 4.79 Å². The molecule has 1 aromatic heterocycles. The zero-order valence-corrected chi connectivity index (χ0v) is 11.8. The summed E-state index contributed by atoms with van der Waals surface area (Å²) in [6.07, 6.45) is 4.17. The first kappa shape index (κ1) is 13.4. The molecular formula is C14H17N5O2. The van der Waals surface area contributed by atoms with Gasteiger partial charge in [0.25, 0.3) is 0 Å². The number of methoxy groups -OCH3 is 1. The number of aromatic nitrogens is 3. The second kappa shape index (κ2) is 5.82. The van der Waals surface area contributed by atoms with Gasteiger partial charge in [-0.25, -0.2) is 4.79 Å². The molecule has 7 heteroatoms. The summed E-state index contributed by atoms with van der Waals surface area (Å²) in [7, 11) is 1.61. The Bertz CT molecular complexity index is 596. The van der Waals surface area contributed by atoms with Crippen LogP contribution in [0.2, 0.25) is 0 Å². The van der Waals surface area contributed by atoms with E-state index in [2.05, 4.69) is 15.5 Å². The van der Waals surface area contributed by atoms with E-state index in [-0.39, 0.29) is 12.1 Å².